The van der Waals surface area contributed by atoms with Crippen LogP contribution in [0.5, 0.6) is 0 Å². The zero-order valence-corrected chi connectivity index (χ0v) is 18.9. The average Bonchev–Trinajstić information content (AvgIpc) is 2.77. The summed E-state index contributed by atoms with van der Waals surface area (Å²) in [4.78, 5) is 14.3. The topological polar surface area (TPSA) is 93.5 Å². The third-order valence-corrected chi connectivity index (χ3v) is 7.59. The number of nitrogens with one attached hydrogen (secondary N) is 1. The lowest BCUT2D eigenvalue weighted by Crippen LogP contribution is -2.54. The smallest absolute Gasteiger partial charge is 0.317 e. The number of hydrogen-bond donors (Lipinski definition) is 1. The lowest BCUT2D eigenvalue weighted by atomic mass is 9.84. The second-order valence-electron chi connectivity index (χ2n) is 8.41. The first-order valence-electron chi connectivity index (χ1n) is 10.2. The first kappa shape index (κ1) is 22.8. The molecule has 1 fully saturated rings. The molecule has 0 saturated carbocycles. The molecule has 8 heteroatoms. The van der Waals surface area contributed by atoms with Gasteiger partial charge in [-0.25, -0.2) is 13.2 Å². The van der Waals surface area contributed by atoms with Gasteiger partial charge in [-0.05, 0) is 24.6 Å². The van der Waals surface area contributed by atoms with Crippen molar-refractivity contribution < 1.29 is 13.2 Å². The highest BCUT2D eigenvalue weighted by Crippen LogP contribution is 2.24. The van der Waals surface area contributed by atoms with E-state index >= 15 is 0 Å². The van der Waals surface area contributed by atoms with Gasteiger partial charge in [0, 0.05) is 38.1 Å². The minimum atomic E-state index is -3.78. The lowest BCUT2D eigenvalue weighted by Gasteiger charge is -2.35. The van der Waals surface area contributed by atoms with Crippen LogP contribution in [0.2, 0.25) is 0 Å². The number of rotatable bonds is 5. The van der Waals surface area contributed by atoms with Gasteiger partial charge in [-0.1, -0.05) is 55.8 Å². The van der Waals surface area contributed by atoms with E-state index in [-0.39, 0.29) is 35.0 Å². The van der Waals surface area contributed by atoms with E-state index in [2.05, 4.69) is 31.3 Å². The van der Waals surface area contributed by atoms with Crippen LogP contribution >= 0.6 is 0 Å². The van der Waals surface area contributed by atoms with Crippen LogP contribution in [0.3, 0.4) is 0 Å². The predicted molar refractivity (Wildman–Crippen MR) is 119 cm³/mol. The number of urea groups is 1. The summed E-state index contributed by atoms with van der Waals surface area (Å²) in [5.41, 5.74) is 2.22. The monoisotopic (exact) mass is 440 g/mol. The normalized spacial score (nSPS) is 15.4. The number of carbonyl (C=O) groups excluding carboxylic acids is 1. The molecular formula is C23H28N4O3S. The molecule has 2 aromatic carbocycles. The summed E-state index contributed by atoms with van der Waals surface area (Å²) >= 11 is 0. The number of piperazine rings is 1. The van der Waals surface area contributed by atoms with Crippen molar-refractivity contribution in [1.82, 2.24) is 14.5 Å². The molecule has 1 aliphatic heterocycles. The van der Waals surface area contributed by atoms with Crippen LogP contribution in [0.25, 0.3) is 0 Å². The van der Waals surface area contributed by atoms with Crippen LogP contribution in [-0.2, 0) is 15.4 Å². The third-order valence-electron chi connectivity index (χ3n) is 5.63. The van der Waals surface area contributed by atoms with E-state index in [4.69, 9.17) is 0 Å². The molecule has 31 heavy (non-hydrogen) atoms. The quantitative estimate of drug-likeness (QED) is 0.774. The molecule has 164 valence electrons. The number of nitrogens with zero attached hydrogens (tertiary/aromatic N) is 3. The van der Waals surface area contributed by atoms with E-state index in [0.29, 0.717) is 19.6 Å². The number of benzene rings is 2. The van der Waals surface area contributed by atoms with E-state index in [9.17, 15) is 18.5 Å². The van der Waals surface area contributed by atoms with Crippen molar-refractivity contribution in [2.75, 3.05) is 32.7 Å². The SMILES string of the molecule is Cc1cccc(C(C)(C)CNC(=O)N2CCN(S(=O)(=O)c3ccccc3C#N)CC2)c1. The highest BCUT2D eigenvalue weighted by molar-refractivity contribution is 7.89. The molecule has 1 saturated heterocycles. The van der Waals surface area contributed by atoms with Crippen LogP contribution in [0.4, 0.5) is 4.79 Å². The van der Waals surface area contributed by atoms with Crippen LogP contribution < -0.4 is 5.32 Å². The van der Waals surface area contributed by atoms with Gasteiger partial charge in [0.25, 0.3) is 0 Å². The van der Waals surface area contributed by atoms with Crippen molar-refractivity contribution in [3.05, 3.63) is 65.2 Å². The van der Waals surface area contributed by atoms with Gasteiger partial charge >= 0.3 is 6.03 Å². The number of amides is 2. The first-order valence-corrected chi connectivity index (χ1v) is 11.7. The number of aryl methyl sites for hydroxylation is 1. The van der Waals surface area contributed by atoms with E-state index in [1.807, 2.05) is 25.1 Å². The Balaban J connectivity index is 1.59. The van der Waals surface area contributed by atoms with E-state index < -0.39 is 10.0 Å². The standard InChI is InChI=1S/C23H28N4O3S/c1-18-7-6-9-20(15-18)23(2,3)17-25-22(28)26-11-13-27(14-12-26)31(29,30)21-10-5-4-8-19(21)16-24/h4-10,15H,11-14,17H2,1-3H3,(H,25,28). The Labute approximate surface area is 184 Å². The maximum Gasteiger partial charge on any atom is 0.317 e. The predicted octanol–water partition coefficient (Wildman–Crippen LogP) is 2.86. The molecule has 0 atom stereocenters. The second kappa shape index (κ2) is 9.08. The van der Waals surface area contributed by atoms with Crippen molar-refractivity contribution in [2.45, 2.75) is 31.1 Å². The van der Waals surface area contributed by atoms with Gasteiger partial charge < -0.3 is 10.2 Å². The van der Waals surface area contributed by atoms with Gasteiger partial charge in [-0.3, -0.25) is 0 Å². The van der Waals surface area contributed by atoms with Crippen LogP contribution in [0.15, 0.2) is 53.4 Å². The Morgan fingerprint density at radius 2 is 1.77 bits per heavy atom. The van der Waals surface area contributed by atoms with Gasteiger partial charge in [0.1, 0.15) is 6.07 Å². The molecule has 1 heterocycles. The summed E-state index contributed by atoms with van der Waals surface area (Å²) in [7, 11) is -3.78. The largest absolute Gasteiger partial charge is 0.337 e. The number of carbonyl (C=O) groups is 1. The summed E-state index contributed by atoms with van der Waals surface area (Å²) in [6, 6.07) is 16.1. The first-order chi connectivity index (χ1) is 14.6. The molecule has 2 amide bonds. The maximum absolute atomic E-state index is 12.9. The van der Waals surface area contributed by atoms with Crippen molar-refractivity contribution in [2.24, 2.45) is 0 Å². The summed E-state index contributed by atoms with van der Waals surface area (Å²) in [6.07, 6.45) is 0. The van der Waals surface area contributed by atoms with E-state index in [0.717, 1.165) is 5.56 Å². The van der Waals surface area contributed by atoms with E-state index in [1.54, 1.807) is 17.0 Å². The van der Waals surface area contributed by atoms with Crippen LogP contribution in [0, 0.1) is 18.3 Å². The van der Waals surface area contributed by atoms with Crippen molar-refractivity contribution in [3.8, 4) is 6.07 Å². The Morgan fingerprint density at radius 3 is 2.42 bits per heavy atom. The van der Waals surface area contributed by atoms with E-state index in [1.165, 1.54) is 22.0 Å². The molecule has 3 rings (SSSR count). The van der Waals surface area contributed by atoms with Crippen molar-refractivity contribution in [1.29, 1.82) is 5.26 Å². The number of sulfonamides is 1. The third kappa shape index (κ3) is 5.06. The molecule has 0 unspecified atom stereocenters. The molecule has 7 nitrogen and oxygen atoms in total. The summed E-state index contributed by atoms with van der Waals surface area (Å²) in [6.45, 7) is 7.66. The molecule has 0 radical (unpaired) electrons. The molecule has 0 bridgehead atoms. The average molecular weight is 441 g/mol. The number of nitriles is 1. The minimum Gasteiger partial charge on any atom is -0.337 e. The highest BCUT2D eigenvalue weighted by atomic mass is 32.2. The molecule has 1 aliphatic rings. The fraction of sp³-hybridized carbons (Fsp3) is 0.391. The minimum absolute atomic E-state index is 0.00954. The van der Waals surface area contributed by atoms with Gasteiger partial charge in [-0.2, -0.15) is 9.57 Å². The molecular weight excluding hydrogens is 412 g/mol. The Bertz CT molecular complexity index is 1100. The molecule has 0 aliphatic carbocycles. The number of hydrogen-bond acceptors (Lipinski definition) is 4. The molecule has 0 aromatic heterocycles. The maximum atomic E-state index is 12.9. The summed E-state index contributed by atoms with van der Waals surface area (Å²) in [5.74, 6) is 0. The molecule has 1 N–H and O–H groups in total. The zero-order valence-electron chi connectivity index (χ0n) is 18.1. The van der Waals surface area contributed by atoms with Crippen molar-refractivity contribution >= 4 is 16.1 Å². The zero-order chi connectivity index (χ0) is 22.6. The van der Waals surface area contributed by atoms with Gasteiger partial charge in [0.05, 0.1) is 10.5 Å². The van der Waals surface area contributed by atoms with Gasteiger partial charge in [0.15, 0.2) is 0 Å². The van der Waals surface area contributed by atoms with Crippen molar-refractivity contribution in [3.63, 3.8) is 0 Å². The molecule has 0 spiro atoms. The van der Waals surface area contributed by atoms with Crippen LogP contribution in [0.1, 0.15) is 30.5 Å². The Kier molecular flexibility index (Phi) is 6.68. The van der Waals surface area contributed by atoms with Gasteiger partial charge in [0.2, 0.25) is 10.0 Å². The fourth-order valence-electron chi connectivity index (χ4n) is 3.63. The Hall–Kier alpha value is -2.89. The lowest BCUT2D eigenvalue weighted by molar-refractivity contribution is 0.170. The molecule has 2 aromatic rings. The summed E-state index contributed by atoms with van der Waals surface area (Å²) < 4.78 is 27.2. The van der Waals surface area contributed by atoms with Gasteiger partial charge in [-0.15, -0.1) is 0 Å². The van der Waals surface area contributed by atoms with Crippen LogP contribution in [-0.4, -0.2) is 56.4 Å². The fourth-order valence-corrected chi connectivity index (χ4v) is 5.20. The second-order valence-corrected chi connectivity index (χ2v) is 10.3. The Morgan fingerprint density at radius 1 is 1.10 bits per heavy atom. The summed E-state index contributed by atoms with van der Waals surface area (Å²) in [5, 5.41) is 12.2. The highest BCUT2D eigenvalue weighted by Gasteiger charge is 2.32.